The number of rotatable bonds is 6. The fraction of sp³-hybridized carbons (Fsp3) is 0.333. The van der Waals surface area contributed by atoms with Crippen molar-refractivity contribution in [1.82, 2.24) is 9.78 Å². The molecule has 0 unspecified atom stereocenters. The van der Waals surface area contributed by atoms with Gasteiger partial charge in [0.2, 0.25) is 5.91 Å². The number of nitrogens with one attached hydrogen (secondary N) is 1. The van der Waals surface area contributed by atoms with Crippen LogP contribution in [0.25, 0.3) is 0 Å². The number of nitrogens with two attached hydrogens (primary N) is 1. The van der Waals surface area contributed by atoms with Crippen molar-refractivity contribution in [2.45, 2.75) is 27.3 Å². The van der Waals surface area contributed by atoms with E-state index < -0.39 is 11.9 Å². The van der Waals surface area contributed by atoms with Gasteiger partial charge in [0.15, 0.2) is 0 Å². The summed E-state index contributed by atoms with van der Waals surface area (Å²) in [6.07, 6.45) is 1.68. The van der Waals surface area contributed by atoms with E-state index in [-0.39, 0.29) is 34.5 Å². The quantitative estimate of drug-likeness (QED) is 0.765. The van der Waals surface area contributed by atoms with Gasteiger partial charge in [-0.05, 0) is 32.4 Å². The van der Waals surface area contributed by atoms with Gasteiger partial charge in [-0.3, -0.25) is 14.3 Å². The molecular weight excluding hydrogens is 332 g/mol. The molecule has 8 nitrogen and oxygen atoms in total. The Kier molecular flexibility index (Phi) is 5.35. The van der Waals surface area contributed by atoms with Crippen molar-refractivity contribution < 1.29 is 19.1 Å². The molecule has 0 saturated heterocycles. The lowest BCUT2D eigenvalue weighted by molar-refractivity contribution is -0.116. The van der Waals surface area contributed by atoms with E-state index in [0.29, 0.717) is 5.56 Å². The van der Waals surface area contributed by atoms with Crippen molar-refractivity contribution in [2.75, 3.05) is 11.9 Å². The van der Waals surface area contributed by atoms with E-state index in [1.807, 2.05) is 6.92 Å². The maximum atomic E-state index is 12.2. The molecule has 2 aromatic heterocycles. The minimum absolute atomic E-state index is 0.0149. The lowest BCUT2D eigenvalue weighted by Crippen LogP contribution is -2.20. The molecule has 24 heavy (non-hydrogen) atoms. The molecule has 0 spiro atoms. The zero-order valence-corrected chi connectivity index (χ0v) is 14.4. The highest BCUT2D eigenvalue weighted by atomic mass is 32.1. The number of hydrogen-bond acceptors (Lipinski definition) is 6. The molecule has 128 valence electrons. The minimum atomic E-state index is -0.661. The lowest BCUT2D eigenvalue weighted by atomic mass is 10.1. The Bertz CT molecular complexity index is 793. The second-order valence-electron chi connectivity index (χ2n) is 5.05. The van der Waals surface area contributed by atoms with Crippen LogP contribution in [0.1, 0.15) is 38.2 Å². The van der Waals surface area contributed by atoms with Crippen molar-refractivity contribution in [3.63, 3.8) is 0 Å². The van der Waals surface area contributed by atoms with E-state index in [1.54, 1.807) is 26.1 Å². The van der Waals surface area contributed by atoms with Crippen LogP contribution < -0.4 is 11.1 Å². The van der Waals surface area contributed by atoms with Gasteiger partial charge in [-0.1, -0.05) is 0 Å². The zero-order chi connectivity index (χ0) is 17.9. The predicted octanol–water partition coefficient (Wildman–Crippen LogP) is 1.48. The number of anilines is 1. The molecular formula is C15H18N4O4S. The third-order valence-electron chi connectivity index (χ3n) is 3.18. The van der Waals surface area contributed by atoms with Crippen molar-refractivity contribution in [3.8, 4) is 0 Å². The molecule has 0 radical (unpaired) electrons. The van der Waals surface area contributed by atoms with Crippen LogP contribution in [-0.2, 0) is 16.1 Å². The molecule has 2 rings (SSSR count). The van der Waals surface area contributed by atoms with E-state index in [2.05, 4.69) is 10.4 Å². The average Bonchev–Trinajstić information content (AvgIpc) is 3.02. The van der Waals surface area contributed by atoms with Crippen LogP contribution in [-0.4, -0.2) is 34.2 Å². The molecule has 0 aliphatic carbocycles. The average molecular weight is 350 g/mol. The summed E-state index contributed by atoms with van der Waals surface area (Å²) in [6.45, 7) is 5.25. The lowest BCUT2D eigenvalue weighted by Gasteiger charge is -2.07. The van der Waals surface area contributed by atoms with Gasteiger partial charge >= 0.3 is 5.97 Å². The second-order valence-corrected chi connectivity index (χ2v) is 6.07. The minimum Gasteiger partial charge on any atom is -0.462 e. The number of aryl methyl sites for hydroxylation is 1. The van der Waals surface area contributed by atoms with E-state index in [0.717, 1.165) is 17.0 Å². The fourth-order valence-corrected chi connectivity index (χ4v) is 3.21. The summed E-state index contributed by atoms with van der Waals surface area (Å²) in [4.78, 5) is 36.0. The SMILES string of the molecule is CCOC(=O)c1c(NC(=O)Cn2ccc(C)n2)sc(C(N)=O)c1C. The number of hydrogen-bond donors (Lipinski definition) is 2. The number of aromatic nitrogens is 2. The van der Waals surface area contributed by atoms with Gasteiger partial charge < -0.3 is 15.8 Å². The summed E-state index contributed by atoms with van der Waals surface area (Å²) in [5, 5.41) is 7.00. The normalized spacial score (nSPS) is 10.5. The summed E-state index contributed by atoms with van der Waals surface area (Å²) in [5.74, 6) is -1.64. The Morgan fingerprint density at radius 2 is 2.08 bits per heavy atom. The predicted molar refractivity (Wildman–Crippen MR) is 89.1 cm³/mol. The summed E-state index contributed by atoms with van der Waals surface area (Å²) in [6, 6.07) is 1.78. The Morgan fingerprint density at radius 1 is 1.38 bits per heavy atom. The third kappa shape index (κ3) is 3.80. The molecule has 0 aromatic carbocycles. The van der Waals surface area contributed by atoms with E-state index in [1.165, 1.54) is 4.68 Å². The highest BCUT2D eigenvalue weighted by Crippen LogP contribution is 2.33. The molecule has 0 bridgehead atoms. The largest absolute Gasteiger partial charge is 0.462 e. The molecule has 0 aliphatic heterocycles. The standard InChI is InChI=1S/C15H18N4O4S/c1-4-23-15(22)11-9(3)12(13(16)21)24-14(11)17-10(20)7-19-6-5-8(2)18-19/h5-6H,4,7H2,1-3H3,(H2,16,21)(H,17,20). The Morgan fingerprint density at radius 3 is 2.62 bits per heavy atom. The molecule has 2 aromatic rings. The van der Waals surface area contributed by atoms with Gasteiger partial charge in [-0.25, -0.2) is 4.79 Å². The highest BCUT2D eigenvalue weighted by Gasteiger charge is 2.25. The molecule has 3 N–H and O–H groups in total. The molecule has 0 fully saturated rings. The maximum Gasteiger partial charge on any atom is 0.341 e. The topological polar surface area (TPSA) is 116 Å². The summed E-state index contributed by atoms with van der Waals surface area (Å²) in [7, 11) is 0. The maximum absolute atomic E-state index is 12.2. The first-order chi connectivity index (χ1) is 11.3. The first-order valence-electron chi connectivity index (χ1n) is 7.23. The van der Waals surface area contributed by atoms with Gasteiger partial charge in [0.1, 0.15) is 11.5 Å². The number of carbonyl (C=O) groups is 3. The van der Waals surface area contributed by atoms with Crippen molar-refractivity contribution in [2.24, 2.45) is 5.73 Å². The van der Waals surface area contributed by atoms with Crippen LogP contribution in [0.15, 0.2) is 12.3 Å². The van der Waals surface area contributed by atoms with Gasteiger partial charge in [0.05, 0.1) is 22.7 Å². The van der Waals surface area contributed by atoms with Crippen molar-refractivity contribution >= 4 is 34.1 Å². The zero-order valence-electron chi connectivity index (χ0n) is 13.6. The van der Waals surface area contributed by atoms with Crippen LogP contribution in [0, 0.1) is 13.8 Å². The smallest absolute Gasteiger partial charge is 0.341 e. The van der Waals surface area contributed by atoms with Crippen LogP contribution in [0.5, 0.6) is 0 Å². The Balaban J connectivity index is 2.27. The van der Waals surface area contributed by atoms with E-state index in [9.17, 15) is 14.4 Å². The van der Waals surface area contributed by atoms with Crippen molar-refractivity contribution in [3.05, 3.63) is 34.0 Å². The van der Waals surface area contributed by atoms with Crippen LogP contribution in [0.3, 0.4) is 0 Å². The number of primary amides is 1. The monoisotopic (exact) mass is 350 g/mol. The molecule has 0 saturated carbocycles. The molecule has 0 atom stereocenters. The molecule has 2 amide bonds. The molecule has 0 aliphatic rings. The van der Waals surface area contributed by atoms with Crippen molar-refractivity contribution in [1.29, 1.82) is 0 Å². The number of thiophene rings is 1. The number of nitrogens with zero attached hydrogens (tertiary/aromatic N) is 2. The Labute approximate surface area is 142 Å². The third-order valence-corrected chi connectivity index (χ3v) is 4.40. The van der Waals surface area contributed by atoms with Crippen LogP contribution >= 0.6 is 11.3 Å². The van der Waals surface area contributed by atoms with Crippen LogP contribution in [0.2, 0.25) is 0 Å². The molecule has 2 heterocycles. The number of amides is 2. The summed E-state index contributed by atoms with van der Waals surface area (Å²) < 4.78 is 6.47. The summed E-state index contributed by atoms with van der Waals surface area (Å²) >= 11 is 0.956. The van der Waals surface area contributed by atoms with Gasteiger partial charge in [0, 0.05) is 6.20 Å². The second kappa shape index (κ2) is 7.26. The first-order valence-corrected chi connectivity index (χ1v) is 8.05. The van der Waals surface area contributed by atoms with E-state index >= 15 is 0 Å². The number of esters is 1. The van der Waals surface area contributed by atoms with Crippen LogP contribution in [0.4, 0.5) is 5.00 Å². The first kappa shape index (κ1) is 17.7. The Hall–Kier alpha value is -2.68. The summed E-state index contributed by atoms with van der Waals surface area (Å²) in [5.41, 5.74) is 6.66. The number of carbonyl (C=O) groups excluding carboxylic acids is 3. The van der Waals surface area contributed by atoms with Gasteiger partial charge in [0.25, 0.3) is 5.91 Å². The van der Waals surface area contributed by atoms with Gasteiger partial charge in [-0.15, -0.1) is 11.3 Å². The number of ether oxygens (including phenoxy) is 1. The fourth-order valence-electron chi connectivity index (χ4n) is 2.15. The van der Waals surface area contributed by atoms with E-state index in [4.69, 9.17) is 10.5 Å². The highest BCUT2D eigenvalue weighted by molar-refractivity contribution is 7.18. The van der Waals surface area contributed by atoms with Gasteiger partial charge in [-0.2, -0.15) is 5.10 Å². The molecule has 9 heteroatoms.